The van der Waals surface area contributed by atoms with E-state index in [-0.39, 0.29) is 11.8 Å². The number of rotatable bonds is 3. The summed E-state index contributed by atoms with van der Waals surface area (Å²) in [6.45, 7) is 4.89. The Morgan fingerprint density at radius 2 is 1.91 bits per heavy atom. The van der Waals surface area contributed by atoms with Crippen LogP contribution in [-0.4, -0.2) is 57.8 Å². The van der Waals surface area contributed by atoms with Crippen molar-refractivity contribution >= 4 is 11.8 Å². The van der Waals surface area contributed by atoms with Crippen molar-refractivity contribution in [2.75, 3.05) is 26.2 Å². The molecule has 0 N–H and O–H groups in total. The van der Waals surface area contributed by atoms with E-state index in [1.807, 2.05) is 9.80 Å². The normalized spacial score (nSPS) is 21.4. The van der Waals surface area contributed by atoms with Gasteiger partial charge in [0.25, 0.3) is 5.91 Å². The molecule has 3 heterocycles. The van der Waals surface area contributed by atoms with Crippen LogP contribution in [-0.2, 0) is 11.2 Å². The molecule has 2 fully saturated rings. The van der Waals surface area contributed by atoms with Gasteiger partial charge < -0.3 is 9.80 Å². The molecule has 2 aliphatic heterocycles. The summed E-state index contributed by atoms with van der Waals surface area (Å²) in [5.41, 5.74) is 1.33. The SMILES string of the molecule is CC(=O)N1CC[C@H](Cc2cnc(C(=O)N3CCCC3)cn2)C1. The lowest BCUT2D eigenvalue weighted by molar-refractivity contribution is -0.127. The molecule has 0 radical (unpaired) electrons. The van der Waals surface area contributed by atoms with Gasteiger partial charge in [-0.1, -0.05) is 0 Å². The minimum Gasteiger partial charge on any atom is -0.343 e. The molecule has 3 rings (SSSR count). The second kappa shape index (κ2) is 6.42. The van der Waals surface area contributed by atoms with Gasteiger partial charge in [0.2, 0.25) is 5.91 Å². The van der Waals surface area contributed by atoms with E-state index in [0.29, 0.717) is 11.6 Å². The summed E-state index contributed by atoms with van der Waals surface area (Å²) in [6, 6.07) is 0. The molecule has 1 aromatic heterocycles. The molecule has 0 spiro atoms. The van der Waals surface area contributed by atoms with Gasteiger partial charge in [-0.25, -0.2) is 4.98 Å². The molecule has 6 heteroatoms. The maximum Gasteiger partial charge on any atom is 0.274 e. The molecule has 2 amide bonds. The van der Waals surface area contributed by atoms with Gasteiger partial charge in [-0.15, -0.1) is 0 Å². The Morgan fingerprint density at radius 1 is 1.14 bits per heavy atom. The van der Waals surface area contributed by atoms with Crippen molar-refractivity contribution < 1.29 is 9.59 Å². The van der Waals surface area contributed by atoms with Gasteiger partial charge in [0.1, 0.15) is 5.69 Å². The van der Waals surface area contributed by atoms with E-state index in [1.54, 1.807) is 19.3 Å². The largest absolute Gasteiger partial charge is 0.343 e. The zero-order valence-corrected chi connectivity index (χ0v) is 13.0. The number of aromatic nitrogens is 2. The molecular weight excluding hydrogens is 280 g/mol. The topological polar surface area (TPSA) is 66.4 Å². The predicted molar refractivity (Wildman–Crippen MR) is 81.2 cm³/mol. The second-order valence-electron chi connectivity index (χ2n) is 6.22. The van der Waals surface area contributed by atoms with E-state index >= 15 is 0 Å². The number of amides is 2. The summed E-state index contributed by atoms with van der Waals surface area (Å²) in [7, 11) is 0. The first-order chi connectivity index (χ1) is 10.6. The third-order valence-electron chi connectivity index (χ3n) is 4.55. The Bertz CT molecular complexity index is 552. The Morgan fingerprint density at radius 3 is 2.50 bits per heavy atom. The number of carbonyl (C=O) groups excluding carboxylic acids is 2. The van der Waals surface area contributed by atoms with Crippen LogP contribution in [0.5, 0.6) is 0 Å². The lowest BCUT2D eigenvalue weighted by Crippen LogP contribution is -2.28. The van der Waals surface area contributed by atoms with Crippen LogP contribution in [0, 0.1) is 5.92 Å². The first kappa shape index (κ1) is 14.9. The van der Waals surface area contributed by atoms with Crippen LogP contribution in [0.1, 0.15) is 42.4 Å². The Balaban J connectivity index is 1.57. The predicted octanol–water partition coefficient (Wildman–Crippen LogP) is 1.12. The number of carbonyl (C=O) groups is 2. The van der Waals surface area contributed by atoms with Gasteiger partial charge in [0, 0.05) is 39.3 Å². The molecule has 0 aliphatic carbocycles. The highest BCUT2D eigenvalue weighted by molar-refractivity contribution is 5.92. The van der Waals surface area contributed by atoms with E-state index in [9.17, 15) is 9.59 Å². The summed E-state index contributed by atoms with van der Waals surface area (Å²) in [5, 5.41) is 0. The van der Waals surface area contributed by atoms with Gasteiger partial charge in [0.05, 0.1) is 11.9 Å². The lowest BCUT2D eigenvalue weighted by Gasteiger charge is -2.15. The van der Waals surface area contributed by atoms with Crippen molar-refractivity contribution in [1.82, 2.24) is 19.8 Å². The van der Waals surface area contributed by atoms with Crippen molar-refractivity contribution in [3.05, 3.63) is 23.8 Å². The van der Waals surface area contributed by atoms with Gasteiger partial charge in [-0.3, -0.25) is 14.6 Å². The van der Waals surface area contributed by atoms with Crippen LogP contribution < -0.4 is 0 Å². The van der Waals surface area contributed by atoms with E-state index in [2.05, 4.69) is 9.97 Å². The average Bonchev–Trinajstić information content (AvgIpc) is 3.19. The fourth-order valence-corrected chi connectivity index (χ4v) is 3.23. The molecular formula is C16H22N4O2. The minimum absolute atomic E-state index is 0.0137. The van der Waals surface area contributed by atoms with Gasteiger partial charge in [-0.2, -0.15) is 0 Å². The molecule has 0 unspecified atom stereocenters. The van der Waals surface area contributed by atoms with Crippen LogP contribution >= 0.6 is 0 Å². The van der Waals surface area contributed by atoms with E-state index < -0.39 is 0 Å². The van der Waals surface area contributed by atoms with Crippen molar-refractivity contribution in [3.63, 3.8) is 0 Å². The average molecular weight is 302 g/mol. The Kier molecular flexibility index (Phi) is 4.36. The smallest absolute Gasteiger partial charge is 0.274 e. The van der Waals surface area contributed by atoms with Crippen LogP contribution in [0.4, 0.5) is 0 Å². The number of nitrogens with zero attached hydrogens (tertiary/aromatic N) is 4. The molecule has 1 aromatic rings. The highest BCUT2D eigenvalue weighted by Crippen LogP contribution is 2.20. The van der Waals surface area contributed by atoms with Crippen LogP contribution in [0.3, 0.4) is 0 Å². The quantitative estimate of drug-likeness (QED) is 0.839. The molecule has 0 bridgehead atoms. The molecule has 2 aliphatic rings. The fraction of sp³-hybridized carbons (Fsp3) is 0.625. The molecule has 118 valence electrons. The monoisotopic (exact) mass is 302 g/mol. The lowest BCUT2D eigenvalue weighted by atomic mass is 10.0. The zero-order valence-electron chi connectivity index (χ0n) is 13.0. The Hall–Kier alpha value is -1.98. The highest BCUT2D eigenvalue weighted by Gasteiger charge is 2.25. The Labute approximate surface area is 130 Å². The van der Waals surface area contributed by atoms with Crippen molar-refractivity contribution in [2.24, 2.45) is 5.92 Å². The highest BCUT2D eigenvalue weighted by atomic mass is 16.2. The molecule has 1 atom stereocenters. The minimum atomic E-state index is -0.0137. The second-order valence-corrected chi connectivity index (χ2v) is 6.22. The summed E-state index contributed by atoms with van der Waals surface area (Å²) >= 11 is 0. The number of hydrogen-bond donors (Lipinski definition) is 0. The first-order valence-electron chi connectivity index (χ1n) is 7.99. The number of likely N-dealkylation sites (tertiary alicyclic amines) is 2. The summed E-state index contributed by atoms with van der Waals surface area (Å²) in [6.07, 6.45) is 7.27. The maximum atomic E-state index is 12.2. The third-order valence-corrected chi connectivity index (χ3v) is 4.55. The maximum absolute atomic E-state index is 12.2. The van der Waals surface area contributed by atoms with Gasteiger partial charge in [0.15, 0.2) is 0 Å². The van der Waals surface area contributed by atoms with Crippen molar-refractivity contribution in [1.29, 1.82) is 0 Å². The standard InChI is InChI=1S/C16H22N4O2/c1-12(21)20-7-4-13(11-20)8-14-9-18-15(10-17-14)16(22)19-5-2-3-6-19/h9-10,13H,2-8,11H2,1H3/t13-/m1/s1. The zero-order chi connectivity index (χ0) is 15.5. The summed E-state index contributed by atoms with van der Waals surface area (Å²) in [5.74, 6) is 0.568. The summed E-state index contributed by atoms with van der Waals surface area (Å²) in [4.78, 5) is 35.9. The van der Waals surface area contributed by atoms with Crippen LogP contribution in [0.15, 0.2) is 12.4 Å². The molecule has 22 heavy (non-hydrogen) atoms. The van der Waals surface area contributed by atoms with Crippen molar-refractivity contribution in [3.8, 4) is 0 Å². The van der Waals surface area contributed by atoms with E-state index in [4.69, 9.17) is 0 Å². The number of hydrogen-bond acceptors (Lipinski definition) is 4. The molecule has 6 nitrogen and oxygen atoms in total. The molecule has 2 saturated heterocycles. The van der Waals surface area contributed by atoms with Gasteiger partial charge >= 0.3 is 0 Å². The third kappa shape index (κ3) is 3.26. The van der Waals surface area contributed by atoms with E-state index in [1.165, 1.54) is 0 Å². The van der Waals surface area contributed by atoms with E-state index in [0.717, 1.165) is 57.6 Å². The molecule has 0 saturated carbocycles. The summed E-state index contributed by atoms with van der Waals surface area (Å²) < 4.78 is 0. The fourth-order valence-electron chi connectivity index (χ4n) is 3.23. The first-order valence-corrected chi connectivity index (χ1v) is 7.99. The molecule has 0 aromatic carbocycles. The van der Waals surface area contributed by atoms with Gasteiger partial charge in [-0.05, 0) is 31.6 Å². The van der Waals surface area contributed by atoms with Crippen LogP contribution in [0.2, 0.25) is 0 Å². The van der Waals surface area contributed by atoms with Crippen LogP contribution in [0.25, 0.3) is 0 Å². The van der Waals surface area contributed by atoms with Crippen molar-refractivity contribution in [2.45, 2.75) is 32.6 Å².